The number of carbonyl (C=O) groups is 1. The molecule has 0 fully saturated rings. The fourth-order valence-corrected chi connectivity index (χ4v) is 7.60. The summed E-state index contributed by atoms with van der Waals surface area (Å²) in [4.78, 5) is 20.5. The molecule has 0 saturated heterocycles. The zero-order valence-electron chi connectivity index (χ0n) is 37.6. The van der Waals surface area contributed by atoms with E-state index in [2.05, 4.69) is 15.3 Å². The van der Waals surface area contributed by atoms with Gasteiger partial charge in [-0.05, 0) is 106 Å². The largest absolute Gasteiger partial charge is 0.491 e. The molecule has 74 heavy (non-hydrogen) atoms. The Bertz CT molecular complexity index is 3120. The molecule has 24 heteroatoms. The molecule has 0 unspecified atom stereocenters. The van der Waals surface area contributed by atoms with Crippen LogP contribution in [0.3, 0.4) is 0 Å². The first-order valence-corrected chi connectivity index (χ1v) is 28.7. The molecule has 0 radical (unpaired) electrons. The first kappa shape index (κ1) is 56.3. The number of carbonyl (C=O) groups excluding carboxylic acids is 1. The van der Waals surface area contributed by atoms with Crippen LogP contribution in [0.4, 0.5) is 39.5 Å². The number of aromatic nitrogens is 2. The topological polar surface area (TPSA) is 87.0 Å². The summed E-state index contributed by atoms with van der Waals surface area (Å²) in [7, 11) is 0. The van der Waals surface area contributed by atoms with E-state index in [0.29, 0.717) is 89.5 Å². The number of amides is 1. The van der Waals surface area contributed by atoms with E-state index in [1.54, 1.807) is 42.6 Å². The van der Waals surface area contributed by atoms with Gasteiger partial charge in [0, 0.05) is 12.4 Å². The minimum atomic E-state index is -4.36. The van der Waals surface area contributed by atoms with Gasteiger partial charge in [0.25, 0.3) is 5.91 Å². The van der Waals surface area contributed by atoms with Crippen molar-refractivity contribution in [2.45, 2.75) is 25.1 Å². The average molecular weight is 1170 g/mol. The fourth-order valence-electron chi connectivity index (χ4n) is 7.37. The quantitative estimate of drug-likeness (QED) is 0.141. The molecule has 1 aromatic heterocycles. The molecule has 4 heterocycles. The van der Waals surface area contributed by atoms with E-state index in [9.17, 15) is 44.3 Å². The van der Waals surface area contributed by atoms with Gasteiger partial charge in [0.1, 0.15) is 48.1 Å². The minimum Gasteiger partial charge on any atom is -0.491 e. The van der Waals surface area contributed by atoms with Gasteiger partial charge in [0.15, 0.2) is 0 Å². The van der Waals surface area contributed by atoms with Crippen molar-refractivity contribution in [1.29, 1.82) is 0 Å². The number of benzene rings is 6. The summed E-state index contributed by atoms with van der Waals surface area (Å²) in [5.41, 5.74) is 4.08. The maximum Gasteiger partial charge on any atom is 0.416 e. The molecule has 3 aliphatic rings. The normalized spacial score (nSPS) is 14.7. The van der Waals surface area contributed by atoms with Gasteiger partial charge in [-0.2, -0.15) is 39.5 Å². The third kappa shape index (κ3) is 15.6. The molecule has 3 aliphatic heterocycles. The van der Waals surface area contributed by atoms with Gasteiger partial charge in [-0.1, -0.05) is 66.2 Å². The summed E-state index contributed by atoms with van der Waals surface area (Å²) in [6, 6.07) is 30.9. The summed E-state index contributed by atoms with van der Waals surface area (Å²) in [5.74, 6) is 2.39. The number of alkyl halides is 9. The summed E-state index contributed by atoms with van der Waals surface area (Å²) in [6.07, 6.45) is -9.41. The number of rotatable bonds is 3. The third-order valence-electron chi connectivity index (χ3n) is 10.8. The second-order valence-corrected chi connectivity index (χ2v) is 32.9. The van der Waals surface area contributed by atoms with Crippen molar-refractivity contribution in [1.82, 2.24) is 14.9 Å². The van der Waals surface area contributed by atoms with Gasteiger partial charge in [-0.25, -0.2) is 4.98 Å². The van der Waals surface area contributed by atoms with E-state index in [1.165, 1.54) is 36.4 Å². The predicted molar refractivity (Wildman–Crippen MR) is 274 cm³/mol. The fraction of sp³-hybridized carbons (Fsp3) is 0.180. The smallest absolute Gasteiger partial charge is 0.416 e. The van der Waals surface area contributed by atoms with E-state index in [-0.39, 0.29) is 5.91 Å². The third-order valence-corrected chi connectivity index (χ3v) is 11.2. The monoisotopic (exact) mass is 1170 g/mol. The van der Waals surface area contributed by atoms with Gasteiger partial charge < -0.3 is 24.1 Å². The van der Waals surface area contributed by atoms with Crippen LogP contribution in [0.1, 0.15) is 32.6 Å². The molecule has 10 rings (SSSR count). The molecule has 0 bridgehead atoms. The molecule has 1 N–H and O–H groups in total. The van der Waals surface area contributed by atoms with E-state index in [4.69, 9.17) is 82.0 Å². The summed E-state index contributed by atoms with van der Waals surface area (Å²) in [5, 5.41) is 3.04. The second-order valence-electron chi connectivity index (χ2n) is 15.9. The number of fused-ring (bicyclic) bond motifs is 5. The molecule has 0 saturated carbocycles. The van der Waals surface area contributed by atoms with Crippen molar-refractivity contribution < 1.29 is 58.5 Å². The predicted octanol–water partition coefficient (Wildman–Crippen LogP) is 17.2. The molecule has 8 nitrogen and oxygen atoms in total. The molecule has 0 aliphatic carbocycles. The van der Waals surface area contributed by atoms with Crippen LogP contribution >= 0.6 is 71.2 Å². The van der Waals surface area contributed by atoms with Crippen LogP contribution in [0.2, 0.25) is 0 Å². The van der Waals surface area contributed by atoms with Crippen molar-refractivity contribution >= 4 is 82.2 Å². The molecular weight excluding hydrogens is 1140 g/mol. The van der Waals surface area contributed by atoms with Crippen molar-refractivity contribution in [3.05, 3.63) is 168 Å². The van der Waals surface area contributed by atoms with Crippen LogP contribution in [0.25, 0.3) is 44.8 Å². The van der Waals surface area contributed by atoms with Gasteiger partial charge in [0.05, 0.1) is 53.0 Å². The van der Waals surface area contributed by atoms with Crippen LogP contribution < -0.4 is 19.5 Å². The van der Waals surface area contributed by atoms with Gasteiger partial charge >= 0.3 is 78.1 Å². The van der Waals surface area contributed by atoms with Gasteiger partial charge in [-0.15, -0.1) is 0 Å². The summed E-state index contributed by atoms with van der Waals surface area (Å²) in [6.45, 7) is 2.99. The Morgan fingerprint density at radius 2 is 0.892 bits per heavy atom. The number of imidazole rings is 1. The average Bonchev–Trinajstić information content (AvgIpc) is 3.51. The Morgan fingerprint density at radius 1 is 0.514 bits per heavy atom. The van der Waals surface area contributed by atoms with Crippen LogP contribution in [0.15, 0.2) is 145 Å². The Hall–Kier alpha value is -5.39. The molecule has 0 atom stereocenters. The van der Waals surface area contributed by atoms with Crippen molar-refractivity contribution in [3.8, 4) is 62.0 Å². The zero-order chi connectivity index (χ0) is 53.7. The van der Waals surface area contributed by atoms with Gasteiger partial charge in [0.2, 0.25) is 0 Å². The molecule has 6 aromatic carbocycles. The first-order valence-electron chi connectivity index (χ1n) is 21.6. The minimum absolute atomic E-state index is 0.249. The van der Waals surface area contributed by atoms with Crippen molar-refractivity contribution in [2.75, 3.05) is 32.9 Å². The number of aliphatic imine (C=N–C) groups is 1. The van der Waals surface area contributed by atoms with Crippen LogP contribution in [-0.2, 0) is 25.1 Å². The Labute approximate surface area is 445 Å². The summed E-state index contributed by atoms with van der Waals surface area (Å²) < 4.78 is 129. The number of ether oxygens (including phenoxy) is 3. The van der Waals surface area contributed by atoms with Crippen LogP contribution in [0, 0.1) is 0 Å². The van der Waals surface area contributed by atoms with E-state index >= 15 is 0 Å². The Kier molecular flexibility index (Phi) is 17.4. The van der Waals surface area contributed by atoms with Crippen molar-refractivity contribution in [3.63, 3.8) is 0 Å². The first-order chi connectivity index (χ1) is 34.7. The Morgan fingerprint density at radius 3 is 1.35 bits per heavy atom. The second kappa shape index (κ2) is 22.8. The standard InChI is InChI=1S/C18H13F3N2O.C16H11ClF3NO.C16H12F3NO2.Cl5P/c19-18(20,21)14-4-1-12(2-5-14)13-3-6-16-15(11-13)17-22-7-8-23(17)9-10-24-16;17-15-13-9-11(3-6-14(13)22-8-7-21-15)10-1-4-12(5-2-10)16(18,19)20;17-16(18,19)12-4-1-10(2-5-12)11-3-6-14-13(9-11)15(21)20-7-8-22-14;1-6(2,3,4)5/h1-8,11H,9-10H2;1-6,9H,7-8H2;1-6,9H,7-8H2,(H,20,21);. The van der Waals surface area contributed by atoms with Crippen LogP contribution in [-0.4, -0.2) is 53.5 Å². The zero-order valence-corrected chi connectivity index (χ0v) is 43.0. The van der Waals surface area contributed by atoms with Crippen LogP contribution in [0.5, 0.6) is 17.2 Å². The molecule has 0 spiro atoms. The number of halogens is 15. The van der Waals surface area contributed by atoms with E-state index in [1.807, 2.05) is 29.0 Å². The summed E-state index contributed by atoms with van der Waals surface area (Å²) >= 11 is 31.0. The molecule has 7 aromatic rings. The SMILES string of the molecule is ClP(Cl)(Cl)(Cl)Cl.FC(F)(F)c1ccc(-c2ccc3c(c2)-c2nccn2CCO3)cc1.FC(F)(F)c1ccc(-c2ccc3c(c2)C(Cl)=NCCO3)cc1.O=C1NCCOc2ccc(-c3ccc(C(F)(F)F)cc3)cc21. The van der Waals surface area contributed by atoms with Crippen molar-refractivity contribution in [2.24, 2.45) is 4.99 Å². The number of nitrogens with one attached hydrogen (secondary N) is 1. The van der Waals surface area contributed by atoms with Gasteiger partial charge in [-0.3, -0.25) is 9.79 Å². The maximum absolute atomic E-state index is 12.7. The van der Waals surface area contributed by atoms with E-state index < -0.39 is 38.6 Å². The maximum atomic E-state index is 12.7. The number of nitrogens with zero attached hydrogens (tertiary/aromatic N) is 3. The Balaban J connectivity index is 0.000000154. The number of hydrogen-bond acceptors (Lipinski definition) is 6. The number of hydrogen-bond donors (Lipinski definition) is 1. The molecular formula is C50H36Cl6F9N4O4P. The molecule has 390 valence electrons. The molecule has 1 amide bonds. The van der Waals surface area contributed by atoms with E-state index in [0.717, 1.165) is 64.7 Å².